The van der Waals surface area contributed by atoms with Crippen molar-refractivity contribution < 1.29 is 4.79 Å². The third kappa shape index (κ3) is 0.962. The Bertz CT molecular complexity index is 287. The van der Waals surface area contributed by atoms with Gasteiger partial charge < -0.3 is 0 Å². The van der Waals surface area contributed by atoms with Crippen LogP contribution >= 0.6 is 0 Å². The van der Waals surface area contributed by atoms with Crippen molar-refractivity contribution in [3.63, 3.8) is 0 Å². The molecular formula is C12H16O. The summed E-state index contributed by atoms with van der Waals surface area (Å²) in [6.45, 7) is 0. The Kier molecular flexibility index (Phi) is 1.61. The average Bonchev–Trinajstić information content (AvgIpc) is 2.72. The number of Topliss-reactive ketones (excluding diaryl/α,β-unsaturated/α-hetero) is 1. The first-order valence-electron chi connectivity index (χ1n) is 5.64. The van der Waals surface area contributed by atoms with Crippen molar-refractivity contribution in [2.24, 2.45) is 11.8 Å². The number of ketones is 1. The van der Waals surface area contributed by atoms with E-state index in [2.05, 4.69) is 0 Å². The molecule has 1 saturated carbocycles. The van der Waals surface area contributed by atoms with Crippen LogP contribution in [0.4, 0.5) is 0 Å². The van der Waals surface area contributed by atoms with Crippen LogP contribution in [0.2, 0.25) is 0 Å². The molecule has 0 spiro atoms. The van der Waals surface area contributed by atoms with Gasteiger partial charge in [-0.2, -0.15) is 0 Å². The molecule has 0 aromatic rings. The molecular weight excluding hydrogens is 160 g/mol. The first kappa shape index (κ1) is 7.78. The second-order valence-electron chi connectivity index (χ2n) is 4.72. The number of allylic oxidation sites excluding steroid dienone is 2. The third-order valence-corrected chi connectivity index (χ3v) is 4.11. The smallest absolute Gasteiger partial charge is 0.162 e. The molecule has 0 saturated heterocycles. The molecule has 3 rings (SSSR count). The highest BCUT2D eigenvalue weighted by Gasteiger charge is 2.43. The molecule has 0 radical (unpaired) electrons. The maximum Gasteiger partial charge on any atom is 0.162 e. The Morgan fingerprint density at radius 1 is 0.923 bits per heavy atom. The van der Waals surface area contributed by atoms with Crippen molar-refractivity contribution in [3.8, 4) is 0 Å². The van der Waals surface area contributed by atoms with Crippen LogP contribution in [0.25, 0.3) is 0 Å². The maximum absolute atomic E-state index is 12.0. The minimum atomic E-state index is 0.430. The zero-order valence-corrected chi connectivity index (χ0v) is 8.01. The van der Waals surface area contributed by atoms with E-state index >= 15 is 0 Å². The molecule has 0 N–H and O–H groups in total. The molecule has 0 amide bonds. The van der Waals surface area contributed by atoms with Gasteiger partial charge in [0.2, 0.25) is 0 Å². The van der Waals surface area contributed by atoms with Crippen molar-refractivity contribution in [1.82, 2.24) is 0 Å². The summed E-state index contributed by atoms with van der Waals surface area (Å²) in [5, 5.41) is 0. The fraction of sp³-hybridized carbons (Fsp3) is 0.750. The standard InChI is InChI=1S/C12H16O/c13-12-10-5-2-1-4-8(10)9-6-3-7-11(9)12/h8,10H,1-7H2/t8-,10-/m0/s1. The van der Waals surface area contributed by atoms with Gasteiger partial charge in [0.1, 0.15) is 0 Å². The summed E-state index contributed by atoms with van der Waals surface area (Å²) in [4.78, 5) is 12.0. The second-order valence-corrected chi connectivity index (χ2v) is 4.72. The fourth-order valence-corrected chi connectivity index (χ4v) is 3.54. The normalized spacial score (nSPS) is 38.0. The van der Waals surface area contributed by atoms with Crippen LogP contribution in [0.3, 0.4) is 0 Å². The first-order chi connectivity index (χ1) is 6.38. The van der Waals surface area contributed by atoms with Gasteiger partial charge in [-0.1, -0.05) is 18.4 Å². The predicted octanol–water partition coefficient (Wildman–Crippen LogP) is 2.86. The van der Waals surface area contributed by atoms with Crippen LogP contribution in [-0.2, 0) is 4.79 Å². The predicted molar refractivity (Wildman–Crippen MR) is 51.3 cm³/mol. The van der Waals surface area contributed by atoms with Gasteiger partial charge >= 0.3 is 0 Å². The number of rotatable bonds is 0. The summed E-state index contributed by atoms with van der Waals surface area (Å²) >= 11 is 0. The monoisotopic (exact) mass is 176 g/mol. The zero-order valence-electron chi connectivity index (χ0n) is 8.01. The highest BCUT2D eigenvalue weighted by Crippen LogP contribution is 2.49. The SMILES string of the molecule is O=C1C2=C(CCC2)[C@@H]2CCCC[C@H]12. The Morgan fingerprint density at radius 2 is 1.69 bits per heavy atom. The van der Waals surface area contributed by atoms with Gasteiger partial charge in [-0.05, 0) is 43.6 Å². The van der Waals surface area contributed by atoms with Crippen LogP contribution in [0.1, 0.15) is 44.9 Å². The first-order valence-corrected chi connectivity index (χ1v) is 5.64. The van der Waals surface area contributed by atoms with Gasteiger partial charge in [-0.15, -0.1) is 0 Å². The van der Waals surface area contributed by atoms with Gasteiger partial charge in [0.05, 0.1) is 0 Å². The van der Waals surface area contributed by atoms with Crippen molar-refractivity contribution >= 4 is 5.78 Å². The second kappa shape index (κ2) is 2.70. The molecule has 0 aromatic carbocycles. The summed E-state index contributed by atoms with van der Waals surface area (Å²) in [5.74, 6) is 1.66. The van der Waals surface area contributed by atoms with Crippen LogP contribution in [0.5, 0.6) is 0 Å². The molecule has 0 aromatic heterocycles. The summed E-state index contributed by atoms with van der Waals surface area (Å²) < 4.78 is 0. The molecule has 0 heterocycles. The van der Waals surface area contributed by atoms with Gasteiger partial charge in [0, 0.05) is 5.92 Å². The minimum absolute atomic E-state index is 0.430. The van der Waals surface area contributed by atoms with Crippen molar-refractivity contribution in [1.29, 1.82) is 0 Å². The third-order valence-electron chi connectivity index (χ3n) is 4.11. The molecule has 3 aliphatic rings. The van der Waals surface area contributed by atoms with E-state index in [1.165, 1.54) is 44.1 Å². The molecule has 1 nitrogen and oxygen atoms in total. The van der Waals surface area contributed by atoms with Gasteiger partial charge in [0.15, 0.2) is 5.78 Å². The number of fused-ring (bicyclic) bond motifs is 2. The lowest BCUT2D eigenvalue weighted by Gasteiger charge is -2.26. The van der Waals surface area contributed by atoms with E-state index in [4.69, 9.17) is 0 Å². The van der Waals surface area contributed by atoms with Crippen molar-refractivity contribution in [2.45, 2.75) is 44.9 Å². The van der Waals surface area contributed by atoms with E-state index in [9.17, 15) is 4.79 Å². The van der Waals surface area contributed by atoms with E-state index in [-0.39, 0.29) is 0 Å². The van der Waals surface area contributed by atoms with Gasteiger partial charge in [-0.3, -0.25) is 4.79 Å². The largest absolute Gasteiger partial charge is 0.294 e. The number of carbonyl (C=O) groups excluding carboxylic acids is 1. The zero-order chi connectivity index (χ0) is 8.84. The fourth-order valence-electron chi connectivity index (χ4n) is 3.54. The van der Waals surface area contributed by atoms with Crippen LogP contribution in [0.15, 0.2) is 11.1 Å². The molecule has 2 atom stereocenters. The van der Waals surface area contributed by atoms with Crippen molar-refractivity contribution in [2.75, 3.05) is 0 Å². The van der Waals surface area contributed by atoms with E-state index < -0.39 is 0 Å². The molecule has 70 valence electrons. The number of carbonyl (C=O) groups is 1. The minimum Gasteiger partial charge on any atom is -0.294 e. The summed E-state index contributed by atoms with van der Waals surface area (Å²) in [6, 6.07) is 0. The van der Waals surface area contributed by atoms with E-state index in [1.54, 1.807) is 5.57 Å². The van der Waals surface area contributed by atoms with Crippen LogP contribution in [0, 0.1) is 11.8 Å². The highest BCUT2D eigenvalue weighted by atomic mass is 16.1. The Morgan fingerprint density at radius 3 is 2.54 bits per heavy atom. The van der Waals surface area contributed by atoms with Crippen LogP contribution < -0.4 is 0 Å². The lowest BCUT2D eigenvalue weighted by atomic mass is 9.77. The van der Waals surface area contributed by atoms with Gasteiger partial charge in [0.25, 0.3) is 0 Å². The lowest BCUT2D eigenvalue weighted by molar-refractivity contribution is -0.120. The molecule has 13 heavy (non-hydrogen) atoms. The van der Waals surface area contributed by atoms with E-state index in [0.717, 1.165) is 6.42 Å². The summed E-state index contributed by atoms with van der Waals surface area (Å²) in [7, 11) is 0. The molecule has 1 fully saturated rings. The maximum atomic E-state index is 12.0. The Labute approximate surface area is 79.2 Å². The Hall–Kier alpha value is -0.590. The molecule has 3 aliphatic carbocycles. The quantitative estimate of drug-likeness (QED) is 0.554. The topological polar surface area (TPSA) is 17.1 Å². The average molecular weight is 176 g/mol. The molecule has 0 aliphatic heterocycles. The lowest BCUT2D eigenvalue weighted by Crippen LogP contribution is -2.22. The van der Waals surface area contributed by atoms with Crippen LogP contribution in [-0.4, -0.2) is 5.78 Å². The van der Waals surface area contributed by atoms with Crippen molar-refractivity contribution in [3.05, 3.63) is 11.1 Å². The molecule has 0 unspecified atom stereocenters. The highest BCUT2D eigenvalue weighted by molar-refractivity contribution is 6.01. The number of hydrogen-bond acceptors (Lipinski definition) is 1. The molecule has 0 bridgehead atoms. The summed E-state index contributed by atoms with van der Waals surface area (Å²) in [5.41, 5.74) is 2.84. The number of hydrogen-bond donors (Lipinski definition) is 0. The van der Waals surface area contributed by atoms with E-state index in [0.29, 0.717) is 17.6 Å². The van der Waals surface area contributed by atoms with E-state index in [1.807, 2.05) is 0 Å². The van der Waals surface area contributed by atoms with Gasteiger partial charge in [-0.25, -0.2) is 0 Å². The summed E-state index contributed by atoms with van der Waals surface area (Å²) in [6.07, 6.45) is 8.70. The Balaban J connectivity index is 1.97. The molecule has 1 heteroatoms.